The van der Waals surface area contributed by atoms with Gasteiger partial charge in [-0.1, -0.05) is 42.5 Å². The molecule has 0 saturated heterocycles. The van der Waals surface area contributed by atoms with Crippen molar-refractivity contribution in [3.8, 4) is 11.3 Å². The van der Waals surface area contributed by atoms with Gasteiger partial charge in [-0.3, -0.25) is 0 Å². The molecule has 2 aromatic heterocycles. The molecule has 5 rings (SSSR count). The van der Waals surface area contributed by atoms with Gasteiger partial charge in [-0.15, -0.1) is 0 Å². The molecule has 0 unspecified atom stereocenters. The minimum absolute atomic E-state index is 1.24. The molecule has 0 aliphatic rings. The fraction of sp³-hybridized carbons (Fsp3) is 0.125. The number of rotatable bonds is 1. The van der Waals surface area contributed by atoms with Crippen LogP contribution in [0.2, 0.25) is 0 Å². The lowest BCUT2D eigenvalue weighted by Crippen LogP contribution is -2.30. The maximum atomic E-state index is 2.32. The van der Waals surface area contributed by atoms with Gasteiger partial charge in [0, 0.05) is 29.6 Å². The Balaban J connectivity index is 1.89. The van der Waals surface area contributed by atoms with Crippen molar-refractivity contribution in [1.29, 1.82) is 0 Å². The van der Waals surface area contributed by atoms with Crippen LogP contribution in [-0.2, 0) is 14.1 Å². The molecule has 0 aliphatic carbocycles. The van der Waals surface area contributed by atoms with Gasteiger partial charge in [0.05, 0.1) is 10.9 Å². The molecule has 0 saturated carbocycles. The predicted molar refractivity (Wildman–Crippen MR) is 109 cm³/mol. The molecule has 0 amide bonds. The number of aromatic nitrogens is 2. The summed E-state index contributed by atoms with van der Waals surface area (Å²) in [6.07, 6.45) is 2.27. The van der Waals surface area contributed by atoms with Crippen molar-refractivity contribution in [3.63, 3.8) is 0 Å². The number of hydrogen-bond donors (Lipinski definition) is 0. The number of aryl methyl sites for hydroxylation is 3. The summed E-state index contributed by atoms with van der Waals surface area (Å²) >= 11 is 0. The minimum atomic E-state index is 1.24. The Morgan fingerprint density at radius 2 is 1.42 bits per heavy atom. The first-order valence-electron chi connectivity index (χ1n) is 9.00. The molecule has 3 aromatic carbocycles. The summed E-state index contributed by atoms with van der Waals surface area (Å²) < 4.78 is 4.57. The Morgan fingerprint density at radius 1 is 0.769 bits per heavy atom. The smallest absolute Gasteiger partial charge is 0.214 e. The van der Waals surface area contributed by atoms with E-state index >= 15 is 0 Å². The Morgan fingerprint density at radius 3 is 2.19 bits per heavy atom. The zero-order chi connectivity index (χ0) is 17.8. The lowest BCUT2D eigenvalue weighted by Gasteiger charge is -2.05. The summed E-state index contributed by atoms with van der Waals surface area (Å²) in [5, 5.41) is 5.19. The van der Waals surface area contributed by atoms with Gasteiger partial charge in [-0.05, 0) is 41.5 Å². The highest BCUT2D eigenvalue weighted by Gasteiger charge is 2.18. The van der Waals surface area contributed by atoms with Crippen LogP contribution in [-0.4, -0.2) is 4.57 Å². The van der Waals surface area contributed by atoms with E-state index in [9.17, 15) is 0 Å². The van der Waals surface area contributed by atoms with E-state index in [0.717, 1.165) is 0 Å². The van der Waals surface area contributed by atoms with Crippen LogP contribution in [0.15, 0.2) is 72.9 Å². The highest BCUT2D eigenvalue weighted by atomic mass is 15.0. The van der Waals surface area contributed by atoms with Crippen molar-refractivity contribution in [2.24, 2.45) is 14.1 Å². The molecule has 0 bridgehead atoms. The molecule has 0 spiro atoms. The van der Waals surface area contributed by atoms with Gasteiger partial charge in [-0.2, -0.15) is 0 Å². The molecule has 2 heteroatoms. The number of nitrogens with zero attached hydrogens (tertiary/aromatic N) is 2. The predicted octanol–water partition coefficient (Wildman–Crippen LogP) is 5.28. The van der Waals surface area contributed by atoms with E-state index in [-0.39, 0.29) is 0 Å². The van der Waals surface area contributed by atoms with E-state index in [1.54, 1.807) is 0 Å². The van der Waals surface area contributed by atoms with E-state index < -0.39 is 0 Å². The normalized spacial score (nSPS) is 11.7. The largest absolute Gasteiger partial charge is 0.343 e. The number of pyridine rings is 1. The summed E-state index contributed by atoms with van der Waals surface area (Å²) in [5.74, 6) is 0. The van der Waals surface area contributed by atoms with Crippen LogP contribution in [0.1, 0.15) is 5.56 Å². The van der Waals surface area contributed by atoms with Crippen molar-refractivity contribution in [2.75, 3.05) is 0 Å². The van der Waals surface area contributed by atoms with Gasteiger partial charge < -0.3 is 4.57 Å². The number of fused-ring (bicyclic) bond motifs is 4. The molecular formula is C24H21N2+. The zero-order valence-electron chi connectivity index (χ0n) is 15.3. The Bertz CT molecular complexity index is 1310. The van der Waals surface area contributed by atoms with Gasteiger partial charge in [0.25, 0.3) is 0 Å². The van der Waals surface area contributed by atoms with Crippen molar-refractivity contribution in [3.05, 3.63) is 78.5 Å². The van der Waals surface area contributed by atoms with Crippen LogP contribution in [0, 0.1) is 6.92 Å². The van der Waals surface area contributed by atoms with E-state index in [0.29, 0.717) is 0 Å². The van der Waals surface area contributed by atoms with E-state index in [4.69, 9.17) is 0 Å². The molecule has 2 heterocycles. The molecule has 2 nitrogen and oxygen atoms in total. The fourth-order valence-electron chi connectivity index (χ4n) is 4.10. The quantitative estimate of drug-likeness (QED) is 0.368. The summed E-state index contributed by atoms with van der Waals surface area (Å²) in [6.45, 7) is 2.17. The first kappa shape index (κ1) is 15.2. The monoisotopic (exact) mass is 337 g/mol. The summed E-state index contributed by atoms with van der Waals surface area (Å²) in [4.78, 5) is 0. The Kier molecular flexibility index (Phi) is 3.17. The third kappa shape index (κ3) is 2.08. The SMILES string of the molecule is Cc1ccccc1-c1cc2c(c[n+]1C)c1cc3ccccc3cc1n2C. The first-order chi connectivity index (χ1) is 12.6. The maximum absolute atomic E-state index is 2.32. The van der Waals surface area contributed by atoms with Gasteiger partial charge in [0.15, 0.2) is 6.20 Å². The number of hydrogen-bond acceptors (Lipinski definition) is 0. The van der Waals surface area contributed by atoms with Gasteiger partial charge in [-0.25, -0.2) is 4.57 Å². The minimum Gasteiger partial charge on any atom is -0.343 e. The molecule has 0 radical (unpaired) electrons. The van der Waals surface area contributed by atoms with Crippen molar-refractivity contribution in [2.45, 2.75) is 6.92 Å². The Labute approximate surface area is 152 Å². The highest BCUT2D eigenvalue weighted by molar-refractivity contribution is 6.12. The molecule has 5 aromatic rings. The second-order valence-corrected chi connectivity index (χ2v) is 7.16. The van der Waals surface area contributed by atoms with E-state index in [1.807, 2.05) is 0 Å². The van der Waals surface area contributed by atoms with E-state index in [2.05, 4.69) is 103 Å². The average molecular weight is 337 g/mol. The fourth-order valence-corrected chi connectivity index (χ4v) is 4.10. The van der Waals surface area contributed by atoms with Crippen molar-refractivity contribution >= 4 is 32.6 Å². The third-order valence-electron chi connectivity index (χ3n) is 5.55. The molecule has 26 heavy (non-hydrogen) atoms. The van der Waals surface area contributed by atoms with Crippen molar-refractivity contribution < 1.29 is 4.57 Å². The second kappa shape index (κ2) is 5.43. The maximum Gasteiger partial charge on any atom is 0.214 e. The summed E-state index contributed by atoms with van der Waals surface area (Å²) in [7, 11) is 4.31. The standard InChI is InChI=1S/C24H21N2/c1-16-8-4-7-11-19(16)22-14-24-21(15-25(22)2)20-12-17-9-5-6-10-18(17)13-23(20)26(24)3/h4-15H,1-3H3/q+1. The van der Waals surface area contributed by atoms with Crippen molar-refractivity contribution in [1.82, 2.24) is 4.57 Å². The molecule has 126 valence electrons. The average Bonchev–Trinajstić information content (AvgIpc) is 2.91. The van der Waals surface area contributed by atoms with Crippen LogP contribution in [0.3, 0.4) is 0 Å². The number of benzene rings is 3. The topological polar surface area (TPSA) is 8.81 Å². The first-order valence-corrected chi connectivity index (χ1v) is 9.00. The van der Waals surface area contributed by atoms with Crippen LogP contribution < -0.4 is 4.57 Å². The Hall–Kier alpha value is -3.13. The lowest BCUT2D eigenvalue weighted by atomic mass is 10.0. The van der Waals surface area contributed by atoms with Crippen LogP contribution in [0.25, 0.3) is 43.8 Å². The molecule has 0 aliphatic heterocycles. The van der Waals surface area contributed by atoms with Crippen LogP contribution in [0.5, 0.6) is 0 Å². The molecular weight excluding hydrogens is 316 g/mol. The molecule has 0 atom stereocenters. The van der Waals surface area contributed by atoms with Crippen LogP contribution >= 0.6 is 0 Å². The second-order valence-electron chi connectivity index (χ2n) is 7.16. The van der Waals surface area contributed by atoms with Gasteiger partial charge >= 0.3 is 0 Å². The zero-order valence-corrected chi connectivity index (χ0v) is 15.3. The molecule has 0 N–H and O–H groups in total. The van der Waals surface area contributed by atoms with Gasteiger partial charge in [0.1, 0.15) is 7.05 Å². The summed E-state index contributed by atoms with van der Waals surface area (Å²) in [6, 6.07) is 24.1. The third-order valence-corrected chi connectivity index (χ3v) is 5.55. The summed E-state index contributed by atoms with van der Waals surface area (Å²) in [5.41, 5.74) is 6.37. The van der Waals surface area contributed by atoms with Crippen LogP contribution in [0.4, 0.5) is 0 Å². The van der Waals surface area contributed by atoms with E-state index in [1.165, 1.54) is 49.4 Å². The van der Waals surface area contributed by atoms with Gasteiger partial charge in [0.2, 0.25) is 5.69 Å². The lowest BCUT2D eigenvalue weighted by molar-refractivity contribution is -0.659. The molecule has 0 fully saturated rings. The highest BCUT2D eigenvalue weighted by Crippen LogP contribution is 2.33.